The Kier molecular flexibility index (Phi) is 5.89. The molecule has 0 aliphatic carbocycles. The van der Waals surface area contributed by atoms with E-state index in [9.17, 15) is 48.3 Å². The number of aliphatic hydroxyl groups excluding tert-OH is 1. The van der Waals surface area contributed by atoms with E-state index in [0.717, 1.165) is 24.3 Å². The van der Waals surface area contributed by atoms with Gasteiger partial charge in [-0.2, -0.15) is 34.8 Å². The summed E-state index contributed by atoms with van der Waals surface area (Å²) in [6, 6.07) is 5.31. The molecule has 0 fully saturated rings. The summed E-state index contributed by atoms with van der Waals surface area (Å²) in [5.41, 5.74) is -7.26. The zero-order valence-electron chi connectivity index (χ0n) is 15.6. The van der Waals surface area contributed by atoms with Gasteiger partial charge in [-0.3, -0.25) is 4.31 Å². The Labute approximate surface area is 178 Å². The van der Waals surface area contributed by atoms with Crippen molar-refractivity contribution in [3.05, 3.63) is 53.6 Å². The van der Waals surface area contributed by atoms with E-state index in [-0.39, 0.29) is 17.7 Å². The fourth-order valence-corrected chi connectivity index (χ4v) is 5.00. The first-order chi connectivity index (χ1) is 14.5. The van der Waals surface area contributed by atoms with Crippen molar-refractivity contribution in [1.29, 1.82) is 0 Å². The van der Waals surface area contributed by atoms with E-state index in [1.165, 1.54) is 0 Å². The van der Waals surface area contributed by atoms with Crippen LogP contribution in [0, 0.1) is 0 Å². The van der Waals surface area contributed by atoms with E-state index in [1.807, 2.05) is 0 Å². The van der Waals surface area contributed by atoms with Crippen molar-refractivity contribution in [3.8, 4) is 5.75 Å². The number of halogens is 6. The number of hydrogen-bond acceptors (Lipinski definition) is 6. The number of benzene rings is 2. The Morgan fingerprint density at radius 2 is 1.62 bits per heavy atom. The molecule has 2 aromatic rings. The Hall–Kier alpha value is -2.52. The number of alkyl halides is 6. The molecule has 3 rings (SSSR count). The predicted octanol–water partition coefficient (Wildman–Crippen LogP) is 3.05. The second-order valence-corrected chi connectivity index (χ2v) is 10.1. The van der Waals surface area contributed by atoms with Gasteiger partial charge < -0.3 is 9.29 Å². The van der Waals surface area contributed by atoms with E-state index in [2.05, 4.69) is 4.18 Å². The quantitative estimate of drug-likeness (QED) is 0.390. The average molecular weight is 505 g/mol. The molecule has 1 aliphatic heterocycles. The molecule has 32 heavy (non-hydrogen) atoms. The van der Waals surface area contributed by atoms with Crippen molar-refractivity contribution in [3.63, 3.8) is 0 Å². The van der Waals surface area contributed by atoms with Gasteiger partial charge in [0.15, 0.2) is 0 Å². The van der Waals surface area contributed by atoms with Crippen LogP contribution in [0.15, 0.2) is 47.4 Å². The molecule has 1 aliphatic rings. The van der Waals surface area contributed by atoms with Gasteiger partial charge in [0.25, 0.3) is 10.0 Å². The highest BCUT2D eigenvalue weighted by Crippen LogP contribution is 2.37. The van der Waals surface area contributed by atoms with Gasteiger partial charge >= 0.3 is 21.8 Å². The van der Waals surface area contributed by atoms with Crippen molar-refractivity contribution < 1.29 is 52.5 Å². The molecule has 0 saturated heterocycles. The third-order valence-corrected chi connectivity index (χ3v) is 7.15. The Morgan fingerprint density at radius 3 is 2.22 bits per heavy atom. The number of rotatable bonds is 4. The molecule has 2 aromatic carbocycles. The van der Waals surface area contributed by atoms with Crippen LogP contribution in [-0.2, 0) is 32.7 Å². The minimum Gasteiger partial charge on any atom is -0.391 e. The van der Waals surface area contributed by atoms with E-state index in [1.54, 1.807) is 0 Å². The first kappa shape index (κ1) is 24.1. The predicted molar refractivity (Wildman–Crippen MR) is 97.7 cm³/mol. The maximum atomic E-state index is 13.0. The number of sulfonamides is 1. The van der Waals surface area contributed by atoms with Gasteiger partial charge in [0.1, 0.15) is 5.75 Å². The summed E-state index contributed by atoms with van der Waals surface area (Å²) in [6.07, 6.45) is -6.28. The summed E-state index contributed by atoms with van der Waals surface area (Å²) in [5.74, 6) is -0.873. The molecule has 0 aromatic heterocycles. The minimum absolute atomic E-state index is 0.0936. The molecule has 15 heteroatoms. The van der Waals surface area contributed by atoms with Gasteiger partial charge in [-0.15, -0.1) is 0 Å². The van der Waals surface area contributed by atoms with E-state index in [0.29, 0.717) is 22.5 Å². The average Bonchev–Trinajstić information content (AvgIpc) is 2.66. The van der Waals surface area contributed by atoms with Crippen molar-refractivity contribution in [2.24, 2.45) is 0 Å². The van der Waals surface area contributed by atoms with E-state index >= 15 is 0 Å². The van der Waals surface area contributed by atoms with Gasteiger partial charge in [-0.25, -0.2) is 8.42 Å². The lowest BCUT2D eigenvalue weighted by molar-refractivity contribution is -0.137. The molecule has 0 bridgehead atoms. The van der Waals surface area contributed by atoms with Gasteiger partial charge in [0.05, 0.1) is 28.8 Å². The van der Waals surface area contributed by atoms with Crippen LogP contribution in [0.1, 0.15) is 11.1 Å². The minimum atomic E-state index is -6.06. The molecule has 0 unspecified atom stereocenters. The third kappa shape index (κ3) is 4.63. The molecule has 1 atom stereocenters. The fraction of sp³-hybridized carbons (Fsp3) is 0.294. The maximum absolute atomic E-state index is 13.0. The highest BCUT2D eigenvalue weighted by atomic mass is 32.2. The van der Waals surface area contributed by atoms with Crippen LogP contribution in [0.5, 0.6) is 5.75 Å². The van der Waals surface area contributed by atoms with Crippen molar-refractivity contribution >= 4 is 25.8 Å². The molecule has 0 radical (unpaired) electrons. The lowest BCUT2D eigenvalue weighted by Crippen LogP contribution is -2.42. The number of β-amino-alcohol motifs (C(OH)–C–C–N with tert-alkyl or cyclic N) is 1. The van der Waals surface area contributed by atoms with Crippen molar-refractivity contribution in [2.75, 3.05) is 10.8 Å². The zero-order chi connectivity index (χ0) is 24.1. The van der Waals surface area contributed by atoms with Crippen LogP contribution in [-0.4, -0.2) is 40.1 Å². The molecular formula is C17H13F6NO6S2. The summed E-state index contributed by atoms with van der Waals surface area (Å²) in [6.45, 7) is -0.638. The number of nitrogens with zero attached hydrogens (tertiary/aromatic N) is 1. The highest BCUT2D eigenvalue weighted by molar-refractivity contribution is 7.92. The van der Waals surface area contributed by atoms with Crippen LogP contribution in [0.4, 0.5) is 32.0 Å². The summed E-state index contributed by atoms with van der Waals surface area (Å²) < 4.78 is 130. The standard InChI is InChI=1S/C17H13F6NO6S2/c18-16(19,20)11-2-1-3-14(7-11)31(26,27)24-9-12(25)6-10-4-5-13(8-15(10)24)30-32(28,29)17(21,22)23/h1-5,7-8,12,25H,6,9H2/t12-/m0/s1. The van der Waals surface area contributed by atoms with Crippen LogP contribution in [0.2, 0.25) is 0 Å². The molecule has 0 saturated carbocycles. The Bertz CT molecular complexity index is 1240. The molecular weight excluding hydrogens is 492 g/mol. The van der Waals surface area contributed by atoms with Gasteiger partial charge in [0, 0.05) is 12.5 Å². The Morgan fingerprint density at radius 1 is 0.969 bits per heavy atom. The van der Waals surface area contributed by atoms with Crippen LogP contribution in [0.3, 0.4) is 0 Å². The van der Waals surface area contributed by atoms with Crippen molar-refractivity contribution in [1.82, 2.24) is 0 Å². The smallest absolute Gasteiger partial charge is 0.391 e. The maximum Gasteiger partial charge on any atom is 0.534 e. The van der Waals surface area contributed by atoms with Gasteiger partial charge in [-0.05, 0) is 29.8 Å². The number of fused-ring (bicyclic) bond motifs is 1. The highest BCUT2D eigenvalue weighted by Gasteiger charge is 2.48. The molecule has 1 N–H and O–H groups in total. The first-order valence-corrected chi connectivity index (χ1v) is 11.4. The zero-order valence-corrected chi connectivity index (χ0v) is 17.2. The molecule has 0 spiro atoms. The Balaban J connectivity index is 2.08. The number of hydrogen-bond donors (Lipinski definition) is 1. The largest absolute Gasteiger partial charge is 0.534 e. The van der Waals surface area contributed by atoms with Gasteiger partial charge in [0.2, 0.25) is 0 Å². The normalized spacial score (nSPS) is 17.7. The lowest BCUT2D eigenvalue weighted by Gasteiger charge is -2.33. The molecule has 1 heterocycles. The van der Waals surface area contributed by atoms with Gasteiger partial charge in [-0.1, -0.05) is 12.1 Å². The summed E-state index contributed by atoms with van der Waals surface area (Å²) in [5, 5.41) is 10.0. The van der Waals surface area contributed by atoms with E-state index in [4.69, 9.17) is 0 Å². The fourth-order valence-electron chi connectivity index (χ4n) is 2.97. The van der Waals surface area contributed by atoms with Crippen LogP contribution >= 0.6 is 0 Å². The second-order valence-electron chi connectivity index (χ2n) is 6.69. The molecule has 176 valence electrons. The SMILES string of the molecule is O=S(=O)(c1cccc(C(F)(F)F)c1)N1C[C@@H](O)Cc2ccc(OS(=O)(=O)C(F)(F)F)cc21. The number of aliphatic hydroxyl groups is 1. The summed E-state index contributed by atoms with van der Waals surface area (Å²) in [7, 11) is -10.8. The summed E-state index contributed by atoms with van der Waals surface area (Å²) >= 11 is 0. The van der Waals surface area contributed by atoms with Crippen LogP contribution in [0.25, 0.3) is 0 Å². The first-order valence-electron chi connectivity index (χ1n) is 8.54. The van der Waals surface area contributed by atoms with E-state index < -0.39 is 60.7 Å². The lowest BCUT2D eigenvalue weighted by atomic mass is 10.0. The number of anilines is 1. The van der Waals surface area contributed by atoms with Crippen LogP contribution < -0.4 is 8.49 Å². The van der Waals surface area contributed by atoms with Crippen molar-refractivity contribution in [2.45, 2.75) is 29.1 Å². The second kappa shape index (κ2) is 7.81. The third-order valence-electron chi connectivity index (χ3n) is 4.40. The molecule has 0 amide bonds. The molecule has 7 nitrogen and oxygen atoms in total. The monoisotopic (exact) mass is 505 g/mol. The summed E-state index contributed by atoms with van der Waals surface area (Å²) in [4.78, 5) is -0.790. The topological polar surface area (TPSA) is 101 Å².